The summed E-state index contributed by atoms with van der Waals surface area (Å²) in [6.45, 7) is 2.55. The number of hydrogen-bond acceptors (Lipinski definition) is 3. The maximum Gasteiger partial charge on any atom is 0.237 e. The molecule has 2 aromatic carbocycles. The number of nitrogens with zero attached hydrogens (tertiary/aromatic N) is 1. The van der Waals surface area contributed by atoms with Crippen molar-refractivity contribution in [1.29, 1.82) is 0 Å². The highest BCUT2D eigenvalue weighted by atomic mass is 35.5. The van der Waals surface area contributed by atoms with Crippen molar-refractivity contribution in [2.24, 2.45) is 0 Å². The van der Waals surface area contributed by atoms with Crippen LogP contribution in [0, 0.1) is 0 Å². The van der Waals surface area contributed by atoms with Gasteiger partial charge in [0.25, 0.3) is 0 Å². The Morgan fingerprint density at radius 2 is 2.04 bits per heavy atom. The third-order valence-corrected chi connectivity index (χ3v) is 4.51. The Kier molecular flexibility index (Phi) is 7.03. The summed E-state index contributed by atoms with van der Waals surface area (Å²) in [5, 5.41) is 5.65. The summed E-state index contributed by atoms with van der Waals surface area (Å²) in [6, 6.07) is 15.0. The molecule has 1 atom stereocenters. The molecule has 3 rings (SSSR count). The van der Waals surface area contributed by atoms with Gasteiger partial charge in [-0.25, -0.2) is 0 Å². The van der Waals surface area contributed by atoms with Crippen LogP contribution in [0.3, 0.4) is 0 Å². The highest BCUT2D eigenvalue weighted by molar-refractivity contribution is 5.87. The van der Waals surface area contributed by atoms with E-state index < -0.39 is 0 Å². The zero-order chi connectivity index (χ0) is 16.1. The van der Waals surface area contributed by atoms with Crippen molar-refractivity contribution in [2.75, 3.05) is 33.4 Å². The SMILES string of the molecule is COCCNCC(=O)N1CCCC1c1cccc2ccccc12.Cl. The fourth-order valence-electron chi connectivity index (χ4n) is 3.40. The molecule has 1 heterocycles. The second-order valence-electron chi connectivity index (χ2n) is 5.98. The molecule has 1 unspecified atom stereocenters. The third kappa shape index (κ3) is 4.07. The molecular weight excluding hydrogens is 324 g/mol. The smallest absolute Gasteiger partial charge is 0.237 e. The fraction of sp³-hybridized carbons (Fsp3) is 0.421. The largest absolute Gasteiger partial charge is 0.383 e. The predicted octanol–water partition coefficient (Wildman–Crippen LogP) is 3.16. The molecule has 2 aromatic rings. The lowest BCUT2D eigenvalue weighted by Crippen LogP contribution is -2.38. The number of carbonyl (C=O) groups is 1. The number of fused-ring (bicyclic) bond motifs is 1. The fourth-order valence-corrected chi connectivity index (χ4v) is 3.40. The molecule has 130 valence electrons. The maximum absolute atomic E-state index is 12.6. The van der Waals surface area contributed by atoms with Crippen molar-refractivity contribution in [1.82, 2.24) is 10.2 Å². The summed E-state index contributed by atoms with van der Waals surface area (Å²) in [7, 11) is 1.67. The molecule has 1 saturated heterocycles. The Balaban J connectivity index is 0.00000208. The van der Waals surface area contributed by atoms with Crippen molar-refractivity contribution in [3.63, 3.8) is 0 Å². The minimum atomic E-state index is 0. The Morgan fingerprint density at radius 1 is 1.25 bits per heavy atom. The lowest BCUT2D eigenvalue weighted by molar-refractivity contribution is -0.131. The molecule has 0 aliphatic carbocycles. The molecule has 1 fully saturated rings. The summed E-state index contributed by atoms with van der Waals surface area (Å²) in [6.07, 6.45) is 2.11. The Bertz CT molecular complexity index is 672. The van der Waals surface area contributed by atoms with Crippen LogP contribution in [0.15, 0.2) is 42.5 Å². The van der Waals surface area contributed by atoms with Crippen LogP contribution in [0.5, 0.6) is 0 Å². The van der Waals surface area contributed by atoms with Crippen molar-refractivity contribution in [3.8, 4) is 0 Å². The molecule has 0 aromatic heterocycles. The highest BCUT2D eigenvalue weighted by Gasteiger charge is 2.30. The van der Waals surface area contributed by atoms with Crippen LogP contribution in [0.4, 0.5) is 0 Å². The summed E-state index contributed by atoms with van der Waals surface area (Å²) < 4.78 is 5.00. The second kappa shape index (κ2) is 9.02. The van der Waals surface area contributed by atoms with E-state index in [0.29, 0.717) is 19.7 Å². The van der Waals surface area contributed by atoms with Crippen molar-refractivity contribution >= 4 is 29.1 Å². The molecule has 4 nitrogen and oxygen atoms in total. The number of rotatable bonds is 6. The predicted molar refractivity (Wildman–Crippen MR) is 99.6 cm³/mol. The van der Waals surface area contributed by atoms with Gasteiger partial charge in [0.1, 0.15) is 0 Å². The monoisotopic (exact) mass is 348 g/mol. The molecule has 1 amide bonds. The number of carbonyl (C=O) groups excluding carboxylic acids is 1. The summed E-state index contributed by atoms with van der Waals surface area (Å²) >= 11 is 0. The topological polar surface area (TPSA) is 41.6 Å². The number of benzene rings is 2. The van der Waals surface area contributed by atoms with Crippen LogP contribution in [-0.2, 0) is 9.53 Å². The number of nitrogens with one attached hydrogen (secondary N) is 1. The second-order valence-corrected chi connectivity index (χ2v) is 5.98. The van der Waals surface area contributed by atoms with E-state index in [9.17, 15) is 4.79 Å². The minimum absolute atomic E-state index is 0. The third-order valence-electron chi connectivity index (χ3n) is 4.51. The maximum atomic E-state index is 12.6. The van der Waals surface area contributed by atoms with Crippen molar-refractivity contribution < 1.29 is 9.53 Å². The lowest BCUT2D eigenvalue weighted by Gasteiger charge is -2.26. The van der Waals surface area contributed by atoms with Gasteiger partial charge in [0.15, 0.2) is 0 Å². The summed E-state index contributed by atoms with van der Waals surface area (Å²) in [5.74, 6) is 0.177. The van der Waals surface area contributed by atoms with Gasteiger partial charge in [-0.3, -0.25) is 4.79 Å². The van der Waals surface area contributed by atoms with Gasteiger partial charge in [0.2, 0.25) is 5.91 Å². The Labute approximate surface area is 149 Å². The standard InChI is InChI=1S/C19H24N2O2.ClH/c1-23-13-11-20-14-19(22)21-12-5-10-18(21)17-9-4-7-15-6-2-3-8-16(15)17;/h2-4,6-9,18,20H,5,10-14H2,1H3;1H. The minimum Gasteiger partial charge on any atom is -0.383 e. The van der Waals surface area contributed by atoms with Crippen LogP contribution in [0.25, 0.3) is 10.8 Å². The molecule has 0 bridgehead atoms. The zero-order valence-electron chi connectivity index (χ0n) is 14.0. The summed E-state index contributed by atoms with van der Waals surface area (Å²) in [4.78, 5) is 14.6. The van der Waals surface area contributed by atoms with Gasteiger partial charge >= 0.3 is 0 Å². The first-order chi connectivity index (χ1) is 11.3. The van der Waals surface area contributed by atoms with E-state index in [2.05, 4.69) is 47.8 Å². The van der Waals surface area contributed by atoms with E-state index in [4.69, 9.17) is 4.74 Å². The number of amides is 1. The van der Waals surface area contributed by atoms with Crippen LogP contribution in [-0.4, -0.2) is 44.2 Å². The van der Waals surface area contributed by atoms with Crippen molar-refractivity contribution in [3.05, 3.63) is 48.0 Å². The molecule has 0 radical (unpaired) electrons. The quantitative estimate of drug-likeness (QED) is 0.815. The van der Waals surface area contributed by atoms with Gasteiger partial charge in [0, 0.05) is 20.2 Å². The van der Waals surface area contributed by atoms with E-state index >= 15 is 0 Å². The number of likely N-dealkylation sites (tertiary alicyclic amines) is 1. The first-order valence-corrected chi connectivity index (χ1v) is 8.28. The van der Waals surface area contributed by atoms with Crippen LogP contribution in [0.2, 0.25) is 0 Å². The van der Waals surface area contributed by atoms with Crippen LogP contribution < -0.4 is 5.32 Å². The zero-order valence-corrected chi connectivity index (χ0v) is 14.8. The molecular formula is C19H25ClN2O2. The van der Waals surface area contributed by atoms with Crippen molar-refractivity contribution in [2.45, 2.75) is 18.9 Å². The first-order valence-electron chi connectivity index (χ1n) is 8.28. The molecule has 24 heavy (non-hydrogen) atoms. The van der Waals surface area contributed by atoms with E-state index in [0.717, 1.165) is 19.4 Å². The molecule has 0 saturated carbocycles. The number of halogens is 1. The molecule has 5 heteroatoms. The highest BCUT2D eigenvalue weighted by Crippen LogP contribution is 2.35. The molecule has 1 aliphatic heterocycles. The lowest BCUT2D eigenvalue weighted by atomic mass is 9.97. The van der Waals surface area contributed by atoms with E-state index in [1.807, 2.05) is 4.90 Å². The van der Waals surface area contributed by atoms with Gasteiger partial charge in [-0.1, -0.05) is 42.5 Å². The average Bonchev–Trinajstić information content (AvgIpc) is 3.07. The molecule has 1 N–H and O–H groups in total. The van der Waals surface area contributed by atoms with E-state index in [-0.39, 0.29) is 24.4 Å². The van der Waals surface area contributed by atoms with Gasteiger partial charge < -0.3 is 15.0 Å². The first kappa shape index (κ1) is 18.7. The van der Waals surface area contributed by atoms with Gasteiger partial charge in [-0.05, 0) is 29.2 Å². The average molecular weight is 349 g/mol. The number of ether oxygens (including phenoxy) is 1. The normalized spacial score (nSPS) is 17.0. The number of hydrogen-bond donors (Lipinski definition) is 1. The van der Waals surface area contributed by atoms with E-state index in [1.54, 1.807) is 7.11 Å². The van der Waals surface area contributed by atoms with Gasteiger partial charge in [-0.2, -0.15) is 0 Å². The Morgan fingerprint density at radius 3 is 2.88 bits per heavy atom. The van der Waals surface area contributed by atoms with Gasteiger partial charge in [-0.15, -0.1) is 12.4 Å². The molecule has 1 aliphatic rings. The van der Waals surface area contributed by atoms with Gasteiger partial charge in [0.05, 0.1) is 19.2 Å². The number of methoxy groups -OCH3 is 1. The van der Waals surface area contributed by atoms with Crippen LogP contribution >= 0.6 is 12.4 Å². The Hall–Kier alpha value is -1.62. The van der Waals surface area contributed by atoms with E-state index in [1.165, 1.54) is 16.3 Å². The van der Waals surface area contributed by atoms with Crippen LogP contribution in [0.1, 0.15) is 24.4 Å². The summed E-state index contributed by atoms with van der Waals surface area (Å²) in [5.41, 5.74) is 1.27. The molecule has 0 spiro atoms.